The number of hydrogen-bond acceptors (Lipinski definition) is 2. The highest BCUT2D eigenvalue weighted by Gasteiger charge is 2.33. The Morgan fingerprint density at radius 1 is 1.10 bits per heavy atom. The van der Waals surface area contributed by atoms with E-state index >= 15 is 0 Å². The standard InChI is InChI=1S/C15H20F2N2.ClH/c16-13-5-4-12(10-14(13)17)15(11-2-1-3-11)19-8-6-18-7-9-19;/h4-5,10-11,15,18H,1-3,6-9H2;1H/t15-;/m0./s1. The van der Waals surface area contributed by atoms with E-state index in [1.807, 2.05) is 0 Å². The number of piperazine rings is 1. The van der Waals surface area contributed by atoms with Gasteiger partial charge in [-0.3, -0.25) is 4.90 Å². The van der Waals surface area contributed by atoms with Crippen molar-refractivity contribution in [2.75, 3.05) is 26.2 Å². The maximum atomic E-state index is 13.5. The van der Waals surface area contributed by atoms with E-state index in [0.29, 0.717) is 5.92 Å². The summed E-state index contributed by atoms with van der Waals surface area (Å²) in [6.07, 6.45) is 3.66. The van der Waals surface area contributed by atoms with Crippen molar-refractivity contribution in [3.8, 4) is 0 Å². The van der Waals surface area contributed by atoms with Gasteiger partial charge in [-0.05, 0) is 36.5 Å². The third-order valence-corrected chi connectivity index (χ3v) is 4.43. The average molecular weight is 303 g/mol. The summed E-state index contributed by atoms with van der Waals surface area (Å²) in [5.74, 6) is -0.878. The van der Waals surface area contributed by atoms with Crippen molar-refractivity contribution in [2.45, 2.75) is 25.3 Å². The Morgan fingerprint density at radius 2 is 1.80 bits per heavy atom. The van der Waals surface area contributed by atoms with Crippen LogP contribution in [0.25, 0.3) is 0 Å². The van der Waals surface area contributed by atoms with Crippen molar-refractivity contribution < 1.29 is 8.78 Å². The number of nitrogens with one attached hydrogen (secondary N) is 1. The molecule has 0 bridgehead atoms. The second-order valence-corrected chi connectivity index (χ2v) is 5.60. The fourth-order valence-corrected chi connectivity index (χ4v) is 3.19. The summed E-state index contributed by atoms with van der Waals surface area (Å²) in [5.41, 5.74) is 0.936. The summed E-state index contributed by atoms with van der Waals surface area (Å²) in [6.45, 7) is 3.93. The van der Waals surface area contributed by atoms with Crippen LogP contribution in [0.3, 0.4) is 0 Å². The molecule has 0 spiro atoms. The first-order valence-electron chi connectivity index (χ1n) is 7.15. The maximum absolute atomic E-state index is 13.5. The van der Waals surface area contributed by atoms with Gasteiger partial charge in [0, 0.05) is 32.2 Å². The molecule has 2 nitrogen and oxygen atoms in total. The quantitative estimate of drug-likeness (QED) is 0.923. The molecule has 5 heteroatoms. The fraction of sp³-hybridized carbons (Fsp3) is 0.600. The zero-order chi connectivity index (χ0) is 13.2. The first-order chi connectivity index (χ1) is 9.25. The summed E-state index contributed by atoms with van der Waals surface area (Å²) in [7, 11) is 0. The van der Waals surface area contributed by atoms with Crippen LogP contribution in [-0.2, 0) is 0 Å². The molecule has 0 aromatic heterocycles. The van der Waals surface area contributed by atoms with E-state index in [4.69, 9.17) is 0 Å². The Bertz CT molecular complexity index is 445. The van der Waals surface area contributed by atoms with E-state index in [9.17, 15) is 8.78 Å². The molecule has 2 fully saturated rings. The smallest absolute Gasteiger partial charge is 0.159 e. The molecule has 112 valence electrons. The molecule has 1 saturated heterocycles. The van der Waals surface area contributed by atoms with Crippen molar-refractivity contribution in [3.63, 3.8) is 0 Å². The minimum atomic E-state index is -0.753. The molecular formula is C15H21ClF2N2. The number of hydrogen-bond donors (Lipinski definition) is 1. The summed E-state index contributed by atoms with van der Waals surface area (Å²) in [4.78, 5) is 2.42. The number of rotatable bonds is 3. The Hall–Kier alpha value is -0.710. The maximum Gasteiger partial charge on any atom is 0.159 e. The van der Waals surface area contributed by atoms with E-state index in [0.717, 1.165) is 31.7 Å². The molecule has 0 unspecified atom stereocenters. The van der Waals surface area contributed by atoms with Gasteiger partial charge in [0.25, 0.3) is 0 Å². The van der Waals surface area contributed by atoms with Crippen LogP contribution in [0.5, 0.6) is 0 Å². The van der Waals surface area contributed by atoms with E-state index in [1.54, 1.807) is 6.07 Å². The predicted octanol–water partition coefficient (Wildman–Crippen LogP) is 3.13. The lowest BCUT2D eigenvalue weighted by molar-refractivity contribution is 0.0834. The molecule has 1 N–H and O–H groups in total. The zero-order valence-corrected chi connectivity index (χ0v) is 12.3. The largest absolute Gasteiger partial charge is 0.314 e. The van der Waals surface area contributed by atoms with E-state index in [2.05, 4.69) is 10.2 Å². The lowest BCUT2D eigenvalue weighted by Gasteiger charge is -2.43. The third kappa shape index (κ3) is 3.13. The van der Waals surface area contributed by atoms with E-state index < -0.39 is 11.6 Å². The minimum absolute atomic E-state index is 0. The first-order valence-corrected chi connectivity index (χ1v) is 7.15. The van der Waals surface area contributed by atoms with Gasteiger partial charge in [-0.2, -0.15) is 0 Å². The molecular weight excluding hydrogens is 282 g/mol. The fourth-order valence-electron chi connectivity index (χ4n) is 3.19. The van der Waals surface area contributed by atoms with Gasteiger partial charge in [0.15, 0.2) is 11.6 Å². The summed E-state index contributed by atoms with van der Waals surface area (Å²) >= 11 is 0. The minimum Gasteiger partial charge on any atom is -0.314 e. The number of benzene rings is 1. The van der Waals surface area contributed by atoms with Gasteiger partial charge in [0.1, 0.15) is 0 Å². The van der Waals surface area contributed by atoms with E-state index in [1.165, 1.54) is 31.4 Å². The van der Waals surface area contributed by atoms with Gasteiger partial charge in [-0.25, -0.2) is 8.78 Å². The van der Waals surface area contributed by atoms with Crippen molar-refractivity contribution in [3.05, 3.63) is 35.4 Å². The molecule has 1 aromatic rings. The molecule has 1 aliphatic carbocycles. The second-order valence-electron chi connectivity index (χ2n) is 5.60. The van der Waals surface area contributed by atoms with Gasteiger partial charge in [-0.15, -0.1) is 12.4 Å². The second kappa shape index (κ2) is 6.83. The Labute approximate surface area is 124 Å². The highest BCUT2D eigenvalue weighted by molar-refractivity contribution is 5.85. The van der Waals surface area contributed by atoms with Crippen LogP contribution < -0.4 is 5.32 Å². The van der Waals surface area contributed by atoms with Gasteiger partial charge >= 0.3 is 0 Å². The normalized spacial score (nSPS) is 21.9. The van der Waals surface area contributed by atoms with Gasteiger partial charge in [0.2, 0.25) is 0 Å². The summed E-state index contributed by atoms with van der Waals surface area (Å²) < 4.78 is 26.6. The Balaban J connectivity index is 0.00000147. The number of halogens is 3. The van der Waals surface area contributed by atoms with Crippen molar-refractivity contribution >= 4 is 12.4 Å². The van der Waals surface area contributed by atoms with Crippen LogP contribution in [-0.4, -0.2) is 31.1 Å². The average Bonchev–Trinajstić information content (AvgIpc) is 2.38. The van der Waals surface area contributed by atoms with Crippen LogP contribution in [0.4, 0.5) is 8.78 Å². The molecule has 1 heterocycles. The highest BCUT2D eigenvalue weighted by atomic mass is 35.5. The monoisotopic (exact) mass is 302 g/mol. The third-order valence-electron chi connectivity index (χ3n) is 4.43. The molecule has 0 amide bonds. The predicted molar refractivity (Wildman–Crippen MR) is 78.1 cm³/mol. The summed E-state index contributed by atoms with van der Waals surface area (Å²) in [5, 5.41) is 3.34. The molecule has 20 heavy (non-hydrogen) atoms. The Kier molecular flexibility index (Phi) is 5.35. The van der Waals surface area contributed by atoms with Crippen molar-refractivity contribution in [1.29, 1.82) is 0 Å². The van der Waals surface area contributed by atoms with Crippen molar-refractivity contribution in [2.24, 2.45) is 5.92 Å². The molecule has 0 radical (unpaired) electrons. The highest BCUT2D eigenvalue weighted by Crippen LogP contribution is 2.41. The van der Waals surface area contributed by atoms with Crippen LogP contribution in [0, 0.1) is 17.6 Å². The lowest BCUT2D eigenvalue weighted by atomic mass is 9.76. The van der Waals surface area contributed by atoms with Crippen LogP contribution in [0.2, 0.25) is 0 Å². The molecule has 1 aliphatic heterocycles. The Morgan fingerprint density at radius 3 is 2.35 bits per heavy atom. The lowest BCUT2D eigenvalue weighted by Crippen LogP contribution is -2.47. The van der Waals surface area contributed by atoms with Crippen LogP contribution in [0.15, 0.2) is 18.2 Å². The van der Waals surface area contributed by atoms with Gasteiger partial charge in [-0.1, -0.05) is 12.5 Å². The topological polar surface area (TPSA) is 15.3 Å². The van der Waals surface area contributed by atoms with E-state index in [-0.39, 0.29) is 18.4 Å². The van der Waals surface area contributed by atoms with Crippen LogP contribution >= 0.6 is 12.4 Å². The SMILES string of the molecule is Cl.Fc1ccc([C@H](C2CCC2)N2CCNCC2)cc1F. The molecule has 2 aliphatic rings. The number of nitrogens with zero attached hydrogens (tertiary/aromatic N) is 1. The zero-order valence-electron chi connectivity index (χ0n) is 11.4. The first kappa shape index (κ1) is 15.7. The molecule has 1 atom stereocenters. The molecule has 1 aromatic carbocycles. The molecule has 1 saturated carbocycles. The van der Waals surface area contributed by atoms with Gasteiger partial charge < -0.3 is 5.32 Å². The van der Waals surface area contributed by atoms with Gasteiger partial charge in [0.05, 0.1) is 0 Å². The summed E-state index contributed by atoms with van der Waals surface area (Å²) in [6, 6.07) is 4.66. The molecule has 3 rings (SSSR count). The van der Waals surface area contributed by atoms with Crippen LogP contribution in [0.1, 0.15) is 30.9 Å². The van der Waals surface area contributed by atoms with Crippen molar-refractivity contribution in [1.82, 2.24) is 10.2 Å².